The number of benzene rings is 2. The van der Waals surface area contributed by atoms with E-state index in [1.54, 1.807) is 28.6 Å². The molecule has 0 saturated heterocycles. The third-order valence-electron chi connectivity index (χ3n) is 6.29. The molecule has 0 bridgehead atoms. The molecule has 0 aliphatic heterocycles. The molecule has 1 saturated carbocycles. The van der Waals surface area contributed by atoms with E-state index in [0.29, 0.717) is 28.9 Å². The van der Waals surface area contributed by atoms with Crippen molar-refractivity contribution in [3.63, 3.8) is 0 Å². The van der Waals surface area contributed by atoms with Gasteiger partial charge in [-0.2, -0.15) is 5.10 Å². The van der Waals surface area contributed by atoms with Crippen molar-refractivity contribution >= 4 is 41.4 Å². The summed E-state index contributed by atoms with van der Waals surface area (Å²) >= 11 is 8.07. The molecule has 1 unspecified atom stereocenters. The van der Waals surface area contributed by atoms with Crippen LogP contribution in [0, 0.1) is 5.92 Å². The van der Waals surface area contributed by atoms with E-state index in [1.165, 1.54) is 25.7 Å². The van der Waals surface area contributed by atoms with Gasteiger partial charge >= 0.3 is 0 Å². The summed E-state index contributed by atoms with van der Waals surface area (Å²) in [6.45, 7) is 0.562. The number of anilines is 1. The summed E-state index contributed by atoms with van der Waals surface area (Å²) in [6, 6.07) is 15.2. The van der Waals surface area contributed by atoms with Crippen LogP contribution < -0.4 is 5.32 Å². The first kappa shape index (κ1) is 23.6. The molecule has 0 radical (unpaired) electrons. The van der Waals surface area contributed by atoms with Crippen LogP contribution in [-0.2, 0) is 11.3 Å². The monoisotopic (exact) mass is 481 g/mol. The Hall–Kier alpha value is -2.57. The maximum atomic E-state index is 13.4. The van der Waals surface area contributed by atoms with Crippen molar-refractivity contribution in [2.45, 2.75) is 49.5 Å². The Labute approximate surface area is 203 Å². The highest BCUT2D eigenvalue weighted by molar-refractivity contribution is 7.98. The van der Waals surface area contributed by atoms with Crippen molar-refractivity contribution in [3.05, 3.63) is 76.4 Å². The average molecular weight is 482 g/mol. The molecule has 33 heavy (non-hydrogen) atoms. The highest BCUT2D eigenvalue weighted by atomic mass is 35.5. The van der Waals surface area contributed by atoms with Gasteiger partial charge in [-0.05, 0) is 41.9 Å². The van der Waals surface area contributed by atoms with Gasteiger partial charge in [0.05, 0.1) is 17.5 Å². The quantitative estimate of drug-likeness (QED) is 0.283. The second-order valence-electron chi connectivity index (χ2n) is 8.58. The zero-order chi connectivity index (χ0) is 23.2. The number of nitrogens with zero attached hydrogens (tertiary/aromatic N) is 2. The van der Waals surface area contributed by atoms with E-state index in [9.17, 15) is 9.59 Å². The normalized spacial score (nSPS) is 14.8. The fourth-order valence-electron chi connectivity index (χ4n) is 4.49. The molecular formula is C26H28ClN3O2S. The van der Waals surface area contributed by atoms with Gasteiger partial charge in [0.15, 0.2) is 5.82 Å². The summed E-state index contributed by atoms with van der Waals surface area (Å²) in [5.74, 6) is 0.789. The van der Waals surface area contributed by atoms with Gasteiger partial charge in [0, 0.05) is 22.7 Å². The Bertz CT molecular complexity index is 1110. The molecule has 2 aromatic carbocycles. The predicted molar refractivity (Wildman–Crippen MR) is 134 cm³/mol. The zero-order valence-electron chi connectivity index (χ0n) is 18.7. The van der Waals surface area contributed by atoms with Gasteiger partial charge in [0.2, 0.25) is 5.91 Å². The second-order valence-corrected chi connectivity index (χ2v) is 9.84. The van der Waals surface area contributed by atoms with Crippen LogP contribution in [0.1, 0.15) is 59.5 Å². The van der Waals surface area contributed by atoms with Gasteiger partial charge in [-0.1, -0.05) is 67.6 Å². The predicted octanol–water partition coefficient (Wildman–Crippen LogP) is 6.42. The van der Waals surface area contributed by atoms with E-state index in [2.05, 4.69) is 10.4 Å². The Morgan fingerprint density at radius 1 is 1.21 bits per heavy atom. The highest BCUT2D eigenvalue weighted by Gasteiger charge is 2.27. The lowest BCUT2D eigenvalue weighted by Crippen LogP contribution is -2.23. The Balaban J connectivity index is 1.48. The molecular weight excluding hydrogens is 454 g/mol. The number of thioether (sulfide) groups is 1. The van der Waals surface area contributed by atoms with Gasteiger partial charge in [0.1, 0.15) is 6.29 Å². The first-order chi connectivity index (χ1) is 16.1. The first-order valence-electron chi connectivity index (χ1n) is 11.3. The van der Waals surface area contributed by atoms with E-state index in [-0.39, 0.29) is 11.8 Å². The van der Waals surface area contributed by atoms with Crippen molar-refractivity contribution in [2.75, 3.05) is 11.6 Å². The molecule has 7 heteroatoms. The third kappa shape index (κ3) is 6.06. The number of halogens is 1. The summed E-state index contributed by atoms with van der Waals surface area (Å²) in [5.41, 5.74) is 2.63. The van der Waals surface area contributed by atoms with Crippen molar-refractivity contribution in [3.8, 4) is 0 Å². The number of carbonyl (C=O) groups excluding carboxylic acids is 2. The molecule has 1 atom stereocenters. The number of hydrogen-bond acceptors (Lipinski definition) is 4. The molecule has 1 aromatic heterocycles. The van der Waals surface area contributed by atoms with Crippen LogP contribution in [0.2, 0.25) is 5.02 Å². The molecule has 1 N–H and O–H groups in total. The minimum atomic E-state index is -0.262. The van der Waals surface area contributed by atoms with Crippen LogP contribution in [0.25, 0.3) is 0 Å². The smallest absolute Gasteiger partial charge is 0.233 e. The van der Waals surface area contributed by atoms with E-state index < -0.39 is 0 Å². The minimum Gasteiger partial charge on any atom is -0.309 e. The lowest BCUT2D eigenvalue weighted by atomic mass is 9.87. The van der Waals surface area contributed by atoms with Crippen LogP contribution in [0.4, 0.5) is 5.82 Å². The minimum absolute atomic E-state index is 0.0459. The summed E-state index contributed by atoms with van der Waals surface area (Å²) < 4.78 is 1.78. The van der Waals surface area contributed by atoms with E-state index in [0.717, 1.165) is 28.7 Å². The number of aromatic nitrogens is 2. The van der Waals surface area contributed by atoms with Gasteiger partial charge < -0.3 is 5.32 Å². The Kier molecular flexibility index (Phi) is 7.89. The number of nitrogens with one attached hydrogen (secondary N) is 1. The number of rotatable bonds is 9. The van der Waals surface area contributed by atoms with E-state index in [4.69, 9.17) is 11.6 Å². The molecule has 3 aromatic rings. The molecule has 1 aliphatic rings. The summed E-state index contributed by atoms with van der Waals surface area (Å²) in [4.78, 5) is 25.2. The van der Waals surface area contributed by atoms with Gasteiger partial charge in [0.25, 0.3) is 0 Å². The molecule has 1 aliphatic carbocycles. The van der Waals surface area contributed by atoms with E-state index in [1.807, 2.05) is 48.9 Å². The van der Waals surface area contributed by atoms with Crippen LogP contribution in [0.5, 0.6) is 0 Å². The molecule has 1 heterocycles. The molecule has 5 nitrogen and oxygen atoms in total. The number of hydrogen-bond donors (Lipinski definition) is 1. The fourth-order valence-corrected chi connectivity index (χ4v) is 5.37. The summed E-state index contributed by atoms with van der Waals surface area (Å²) in [5, 5.41) is 8.24. The maximum absolute atomic E-state index is 13.4. The van der Waals surface area contributed by atoms with Crippen molar-refractivity contribution in [1.29, 1.82) is 0 Å². The van der Waals surface area contributed by atoms with Crippen LogP contribution >= 0.6 is 23.4 Å². The molecule has 0 spiro atoms. The maximum Gasteiger partial charge on any atom is 0.233 e. The van der Waals surface area contributed by atoms with Crippen molar-refractivity contribution in [2.24, 2.45) is 5.92 Å². The van der Waals surface area contributed by atoms with Crippen molar-refractivity contribution < 1.29 is 9.59 Å². The number of aldehydes is 1. The van der Waals surface area contributed by atoms with Crippen molar-refractivity contribution in [1.82, 2.24) is 9.78 Å². The molecule has 1 fully saturated rings. The van der Waals surface area contributed by atoms with Gasteiger partial charge in [-0.3, -0.25) is 14.3 Å². The standard InChI is InChI=1S/C26H28ClN3O2S/c1-33-24-11-10-21(15-23(24)27)22(14-18-4-2-3-5-18)26(32)28-25-12-13-30(29-25)16-19-6-8-20(17-31)9-7-19/h6-13,15,17-18,22H,2-5,14,16H2,1H3,(H,28,29,32). The molecule has 1 amide bonds. The van der Waals surface area contributed by atoms with Gasteiger partial charge in [-0.25, -0.2) is 0 Å². The van der Waals surface area contributed by atoms with Crippen LogP contribution in [0.15, 0.2) is 59.6 Å². The summed E-state index contributed by atoms with van der Waals surface area (Å²) in [7, 11) is 0. The van der Waals surface area contributed by atoms with E-state index >= 15 is 0 Å². The summed E-state index contributed by atoms with van der Waals surface area (Å²) in [6.07, 6.45) is 10.3. The topological polar surface area (TPSA) is 64.0 Å². The number of amides is 1. The second kappa shape index (κ2) is 11.0. The average Bonchev–Trinajstić information content (AvgIpc) is 3.50. The van der Waals surface area contributed by atoms with Crippen LogP contribution in [0.3, 0.4) is 0 Å². The first-order valence-corrected chi connectivity index (χ1v) is 12.9. The molecule has 4 rings (SSSR count). The highest BCUT2D eigenvalue weighted by Crippen LogP contribution is 2.37. The van der Waals surface area contributed by atoms with Gasteiger partial charge in [-0.15, -0.1) is 11.8 Å². The zero-order valence-corrected chi connectivity index (χ0v) is 20.2. The largest absolute Gasteiger partial charge is 0.309 e. The Morgan fingerprint density at radius 3 is 2.64 bits per heavy atom. The Morgan fingerprint density at radius 2 is 1.97 bits per heavy atom. The third-order valence-corrected chi connectivity index (χ3v) is 7.51. The lowest BCUT2D eigenvalue weighted by molar-refractivity contribution is -0.118. The number of carbonyl (C=O) groups is 2. The lowest BCUT2D eigenvalue weighted by Gasteiger charge is -2.21. The SMILES string of the molecule is CSc1ccc(C(CC2CCCC2)C(=O)Nc2ccn(Cc3ccc(C=O)cc3)n2)cc1Cl. The van der Waals surface area contributed by atoms with Crippen LogP contribution in [-0.4, -0.2) is 28.2 Å². The molecule has 172 valence electrons. The fraction of sp³-hybridized carbons (Fsp3) is 0.346.